The van der Waals surface area contributed by atoms with Crippen molar-refractivity contribution in [1.29, 1.82) is 0 Å². The third-order valence-electron chi connectivity index (χ3n) is 6.57. The Morgan fingerprint density at radius 1 is 1.41 bits per heavy atom. The smallest absolute Gasteiger partial charge is 0.115 e. The average molecular weight is 301 g/mol. The third kappa shape index (κ3) is 2.17. The van der Waals surface area contributed by atoms with E-state index in [0.717, 1.165) is 26.1 Å². The van der Waals surface area contributed by atoms with Crippen LogP contribution in [0.2, 0.25) is 0 Å². The lowest BCUT2D eigenvalue weighted by Crippen LogP contribution is -2.59. The van der Waals surface area contributed by atoms with Gasteiger partial charge in [0.25, 0.3) is 0 Å². The summed E-state index contributed by atoms with van der Waals surface area (Å²) in [6.45, 7) is 7.99. The number of ether oxygens (including phenoxy) is 1. The Kier molecular flexibility index (Phi) is 3.46. The summed E-state index contributed by atoms with van der Waals surface area (Å²) in [5.41, 5.74) is 3.01. The van der Waals surface area contributed by atoms with Gasteiger partial charge in [-0.1, -0.05) is 19.9 Å². The van der Waals surface area contributed by atoms with Gasteiger partial charge < -0.3 is 9.84 Å². The topological polar surface area (TPSA) is 32.7 Å². The van der Waals surface area contributed by atoms with Gasteiger partial charge in [0.2, 0.25) is 0 Å². The van der Waals surface area contributed by atoms with Gasteiger partial charge >= 0.3 is 0 Å². The zero-order valence-corrected chi connectivity index (χ0v) is 13.7. The summed E-state index contributed by atoms with van der Waals surface area (Å²) in [6, 6.07) is 6.60. The summed E-state index contributed by atoms with van der Waals surface area (Å²) in [7, 11) is 0. The molecule has 2 saturated heterocycles. The molecule has 22 heavy (non-hydrogen) atoms. The number of hydrogen-bond acceptors (Lipinski definition) is 3. The Bertz CT molecular complexity index is 567. The Morgan fingerprint density at radius 3 is 3.05 bits per heavy atom. The number of benzene rings is 1. The number of phenolic OH excluding ortho intramolecular Hbond substituents is 1. The SMILES string of the molecule is C[C@H]1C2Cc3ccc(O)cc3[C@@]1(C)CCN2C[C@@H]1CCCO1. The predicted molar refractivity (Wildman–Crippen MR) is 87.3 cm³/mol. The molecule has 0 radical (unpaired) electrons. The van der Waals surface area contributed by atoms with Gasteiger partial charge in [0, 0.05) is 19.2 Å². The van der Waals surface area contributed by atoms with Crippen molar-refractivity contribution in [2.24, 2.45) is 5.92 Å². The number of nitrogens with zero attached hydrogens (tertiary/aromatic N) is 1. The molecule has 0 saturated carbocycles. The van der Waals surface area contributed by atoms with Crippen LogP contribution >= 0.6 is 0 Å². The van der Waals surface area contributed by atoms with Crippen LogP contribution < -0.4 is 0 Å². The molecule has 2 heterocycles. The molecule has 0 amide bonds. The number of aromatic hydroxyl groups is 1. The predicted octanol–water partition coefficient (Wildman–Crippen LogP) is 3.10. The van der Waals surface area contributed by atoms with Crippen molar-refractivity contribution >= 4 is 0 Å². The van der Waals surface area contributed by atoms with Gasteiger partial charge in [0.05, 0.1) is 6.10 Å². The maximum absolute atomic E-state index is 9.90. The van der Waals surface area contributed by atoms with E-state index in [9.17, 15) is 5.11 Å². The molecule has 1 aliphatic carbocycles. The first-order valence-electron chi connectivity index (χ1n) is 8.76. The summed E-state index contributed by atoms with van der Waals surface area (Å²) in [5, 5.41) is 9.90. The summed E-state index contributed by atoms with van der Waals surface area (Å²) in [6.07, 6.45) is 5.17. The molecule has 3 heteroatoms. The molecule has 0 aromatic heterocycles. The van der Waals surface area contributed by atoms with Crippen LogP contribution in [0.4, 0.5) is 0 Å². The highest BCUT2D eigenvalue weighted by Crippen LogP contribution is 2.49. The molecular formula is C19H27NO2. The molecule has 3 nitrogen and oxygen atoms in total. The fourth-order valence-electron chi connectivity index (χ4n) is 4.97. The first-order chi connectivity index (χ1) is 10.6. The largest absolute Gasteiger partial charge is 0.508 e. The van der Waals surface area contributed by atoms with Crippen molar-refractivity contribution in [3.8, 4) is 5.75 Å². The van der Waals surface area contributed by atoms with Gasteiger partial charge in [0.15, 0.2) is 0 Å². The van der Waals surface area contributed by atoms with E-state index in [1.807, 2.05) is 12.1 Å². The zero-order valence-electron chi connectivity index (χ0n) is 13.7. The number of hydrogen-bond donors (Lipinski definition) is 1. The van der Waals surface area contributed by atoms with Gasteiger partial charge in [-0.15, -0.1) is 0 Å². The fourth-order valence-corrected chi connectivity index (χ4v) is 4.97. The highest BCUT2D eigenvalue weighted by molar-refractivity contribution is 5.44. The molecule has 1 unspecified atom stereocenters. The summed E-state index contributed by atoms with van der Waals surface area (Å²) >= 11 is 0. The van der Waals surface area contributed by atoms with Gasteiger partial charge in [-0.25, -0.2) is 0 Å². The zero-order chi connectivity index (χ0) is 15.3. The van der Waals surface area contributed by atoms with E-state index < -0.39 is 0 Å². The van der Waals surface area contributed by atoms with Gasteiger partial charge in [-0.05, 0) is 66.8 Å². The normalized spacial score (nSPS) is 38.0. The monoisotopic (exact) mass is 301 g/mol. The molecule has 3 aliphatic rings. The fraction of sp³-hybridized carbons (Fsp3) is 0.684. The van der Waals surface area contributed by atoms with E-state index in [4.69, 9.17) is 4.74 Å². The number of fused-ring (bicyclic) bond motifs is 4. The van der Waals surface area contributed by atoms with E-state index in [1.54, 1.807) is 0 Å². The van der Waals surface area contributed by atoms with Gasteiger partial charge in [0.1, 0.15) is 5.75 Å². The minimum Gasteiger partial charge on any atom is -0.508 e. The van der Waals surface area contributed by atoms with Crippen LogP contribution in [0.5, 0.6) is 5.75 Å². The van der Waals surface area contributed by atoms with Crippen LogP contribution in [0.25, 0.3) is 0 Å². The van der Waals surface area contributed by atoms with Crippen LogP contribution in [-0.4, -0.2) is 41.8 Å². The van der Waals surface area contributed by atoms with E-state index in [-0.39, 0.29) is 5.41 Å². The lowest BCUT2D eigenvalue weighted by Gasteiger charge is -2.55. The lowest BCUT2D eigenvalue weighted by molar-refractivity contribution is -0.00671. The van der Waals surface area contributed by atoms with Crippen LogP contribution in [0.15, 0.2) is 18.2 Å². The molecule has 1 N–H and O–H groups in total. The van der Waals surface area contributed by atoms with E-state index in [2.05, 4.69) is 24.8 Å². The van der Waals surface area contributed by atoms with E-state index >= 15 is 0 Å². The molecule has 0 spiro atoms. The minimum absolute atomic E-state index is 0.198. The molecule has 1 aromatic carbocycles. The van der Waals surface area contributed by atoms with Gasteiger partial charge in [-0.3, -0.25) is 4.90 Å². The van der Waals surface area contributed by atoms with Gasteiger partial charge in [-0.2, -0.15) is 0 Å². The van der Waals surface area contributed by atoms with Crippen molar-refractivity contribution in [1.82, 2.24) is 4.90 Å². The Labute approximate surface area is 133 Å². The highest BCUT2D eigenvalue weighted by atomic mass is 16.5. The summed E-state index contributed by atoms with van der Waals surface area (Å²) in [4.78, 5) is 2.68. The number of piperidine rings is 1. The lowest BCUT2D eigenvalue weighted by atomic mass is 9.59. The second-order valence-corrected chi connectivity index (χ2v) is 7.70. The first kappa shape index (κ1) is 14.5. The first-order valence-corrected chi connectivity index (χ1v) is 8.76. The third-order valence-corrected chi connectivity index (χ3v) is 6.57. The Balaban J connectivity index is 1.63. The van der Waals surface area contributed by atoms with Crippen LogP contribution in [0.1, 0.15) is 44.2 Å². The van der Waals surface area contributed by atoms with Crippen molar-refractivity contribution in [2.75, 3.05) is 19.7 Å². The second-order valence-electron chi connectivity index (χ2n) is 7.70. The van der Waals surface area contributed by atoms with E-state index in [0.29, 0.717) is 23.8 Å². The molecular weight excluding hydrogens is 274 g/mol. The molecule has 1 aromatic rings. The van der Waals surface area contributed by atoms with Crippen molar-refractivity contribution < 1.29 is 9.84 Å². The van der Waals surface area contributed by atoms with Crippen LogP contribution in [0, 0.1) is 5.92 Å². The van der Waals surface area contributed by atoms with Crippen LogP contribution in [-0.2, 0) is 16.6 Å². The maximum atomic E-state index is 9.90. The second kappa shape index (κ2) is 5.24. The number of likely N-dealkylation sites (tertiary alicyclic amines) is 1. The Hall–Kier alpha value is -1.06. The van der Waals surface area contributed by atoms with Crippen LogP contribution in [0.3, 0.4) is 0 Å². The molecule has 2 fully saturated rings. The highest BCUT2D eigenvalue weighted by Gasteiger charge is 2.48. The quantitative estimate of drug-likeness (QED) is 0.911. The standard InChI is InChI=1S/C19H27NO2/c1-13-18-10-14-5-6-15(21)11-17(14)19(13,2)7-8-20(18)12-16-4-3-9-22-16/h5-6,11,13,16,18,21H,3-4,7-10,12H2,1-2H3/t13-,16-,18?,19-/m0/s1. The van der Waals surface area contributed by atoms with Crippen molar-refractivity contribution in [2.45, 2.75) is 57.1 Å². The number of rotatable bonds is 2. The minimum atomic E-state index is 0.198. The molecule has 120 valence electrons. The van der Waals surface area contributed by atoms with Crippen molar-refractivity contribution in [3.05, 3.63) is 29.3 Å². The summed E-state index contributed by atoms with van der Waals surface area (Å²) in [5.74, 6) is 1.03. The molecule has 2 bridgehead atoms. The number of phenols is 1. The van der Waals surface area contributed by atoms with E-state index in [1.165, 1.54) is 30.4 Å². The molecule has 2 aliphatic heterocycles. The summed E-state index contributed by atoms with van der Waals surface area (Å²) < 4.78 is 5.86. The Morgan fingerprint density at radius 2 is 2.27 bits per heavy atom. The molecule has 4 atom stereocenters. The molecule has 4 rings (SSSR count). The van der Waals surface area contributed by atoms with Crippen molar-refractivity contribution in [3.63, 3.8) is 0 Å². The average Bonchev–Trinajstić information content (AvgIpc) is 3.00. The maximum Gasteiger partial charge on any atom is 0.115 e.